The van der Waals surface area contributed by atoms with Gasteiger partial charge in [-0.15, -0.1) is 16.9 Å². The van der Waals surface area contributed by atoms with Gasteiger partial charge in [0.2, 0.25) is 0 Å². The minimum Gasteiger partial charge on any atom is -0.394 e. The molecule has 3 aromatic carbocycles. The van der Waals surface area contributed by atoms with E-state index in [1.165, 1.54) is 18.2 Å². The van der Waals surface area contributed by atoms with Crippen LogP contribution >= 0.6 is 11.8 Å². The van der Waals surface area contributed by atoms with Crippen LogP contribution in [-0.4, -0.2) is 65.8 Å². The summed E-state index contributed by atoms with van der Waals surface area (Å²) >= 11 is 0.650. The second-order valence-electron chi connectivity index (χ2n) is 10.5. The van der Waals surface area contributed by atoms with E-state index in [0.717, 1.165) is 16.9 Å². The lowest BCUT2D eigenvalue weighted by Gasteiger charge is -2.43. The van der Waals surface area contributed by atoms with Gasteiger partial charge in [-0.05, 0) is 41.8 Å². The SMILES string of the molecule is Cc1ccccc1C(O)C(S[C@@H]1O[C@H](CO)[C@H](O)[C@H](n2cc(-c3cc(F)c(F)c(F)c3)nn2)[C@H]1O)c1ccccc1C(F)(F)F. The number of aliphatic hydroxyl groups excluding tert-OH is 4. The van der Waals surface area contributed by atoms with Gasteiger partial charge in [0, 0.05) is 5.56 Å². The van der Waals surface area contributed by atoms with Crippen molar-refractivity contribution in [1.82, 2.24) is 15.0 Å². The maximum absolute atomic E-state index is 14.2. The first-order chi connectivity index (χ1) is 21.3. The van der Waals surface area contributed by atoms with Crippen molar-refractivity contribution in [3.05, 3.63) is 107 Å². The summed E-state index contributed by atoms with van der Waals surface area (Å²) in [6.45, 7) is 0.902. The van der Waals surface area contributed by atoms with Gasteiger partial charge in [0.15, 0.2) is 17.5 Å². The summed E-state index contributed by atoms with van der Waals surface area (Å²) in [6, 6.07) is 11.1. The zero-order valence-electron chi connectivity index (χ0n) is 23.3. The highest BCUT2D eigenvalue weighted by Crippen LogP contribution is 2.50. The number of hydrogen-bond acceptors (Lipinski definition) is 8. The quantitative estimate of drug-likeness (QED) is 0.157. The van der Waals surface area contributed by atoms with E-state index in [-0.39, 0.29) is 16.8 Å². The Morgan fingerprint density at radius 2 is 1.58 bits per heavy atom. The van der Waals surface area contributed by atoms with Crippen LogP contribution in [0.2, 0.25) is 0 Å². The maximum Gasteiger partial charge on any atom is 0.416 e. The molecular weight excluding hydrogens is 628 g/mol. The Hall–Kier alpha value is -3.47. The normalized spacial score (nSPS) is 23.6. The van der Waals surface area contributed by atoms with E-state index in [0.29, 0.717) is 35.0 Å². The number of thioether (sulfide) groups is 1. The van der Waals surface area contributed by atoms with Crippen molar-refractivity contribution in [1.29, 1.82) is 0 Å². The highest BCUT2D eigenvalue weighted by atomic mass is 32.2. The van der Waals surface area contributed by atoms with Crippen molar-refractivity contribution >= 4 is 11.8 Å². The molecule has 1 aromatic heterocycles. The average Bonchev–Trinajstić information content (AvgIpc) is 3.49. The van der Waals surface area contributed by atoms with Crippen molar-refractivity contribution in [2.75, 3.05) is 6.61 Å². The molecule has 0 amide bonds. The number of nitrogens with zero attached hydrogens (tertiary/aromatic N) is 3. The number of aromatic nitrogens is 3. The zero-order valence-corrected chi connectivity index (χ0v) is 24.1. The Bertz CT molecular complexity index is 1630. The summed E-state index contributed by atoms with van der Waals surface area (Å²) in [4.78, 5) is 0. The third-order valence-electron chi connectivity index (χ3n) is 7.59. The Labute approximate surface area is 256 Å². The Kier molecular flexibility index (Phi) is 9.58. The van der Waals surface area contributed by atoms with Gasteiger partial charge in [0.1, 0.15) is 35.5 Å². The molecule has 1 aliphatic heterocycles. The first-order valence-corrected chi connectivity index (χ1v) is 14.5. The van der Waals surface area contributed by atoms with Gasteiger partial charge < -0.3 is 25.2 Å². The first kappa shape index (κ1) is 32.9. The van der Waals surface area contributed by atoms with E-state index in [9.17, 15) is 46.8 Å². The first-order valence-electron chi connectivity index (χ1n) is 13.6. The van der Waals surface area contributed by atoms with Crippen LogP contribution in [0.25, 0.3) is 11.3 Å². The van der Waals surface area contributed by atoms with Crippen molar-refractivity contribution in [3.8, 4) is 11.3 Å². The molecule has 1 saturated heterocycles. The summed E-state index contributed by atoms with van der Waals surface area (Å²) < 4.78 is 90.3. The summed E-state index contributed by atoms with van der Waals surface area (Å²) in [5.41, 5.74) is -2.21. The lowest BCUT2D eigenvalue weighted by atomic mass is 9.94. The second-order valence-corrected chi connectivity index (χ2v) is 11.7. The van der Waals surface area contributed by atoms with Gasteiger partial charge in [0.25, 0.3) is 0 Å². The fraction of sp³-hybridized carbons (Fsp3) is 0.333. The number of hydrogen-bond donors (Lipinski definition) is 4. The number of aryl methyl sites for hydroxylation is 1. The van der Waals surface area contributed by atoms with E-state index in [4.69, 9.17) is 4.74 Å². The molecule has 0 bridgehead atoms. The number of aliphatic hydroxyl groups is 4. The highest BCUT2D eigenvalue weighted by molar-refractivity contribution is 8.00. The van der Waals surface area contributed by atoms with Crippen LogP contribution in [0.4, 0.5) is 26.3 Å². The monoisotopic (exact) mass is 655 g/mol. The van der Waals surface area contributed by atoms with Crippen LogP contribution in [0.15, 0.2) is 66.9 Å². The topological polar surface area (TPSA) is 121 Å². The average molecular weight is 656 g/mol. The van der Waals surface area contributed by atoms with Crippen LogP contribution in [0.1, 0.15) is 39.6 Å². The third-order valence-corrected chi connectivity index (χ3v) is 9.05. The van der Waals surface area contributed by atoms with Crippen molar-refractivity contribution in [2.45, 2.75) is 54.2 Å². The van der Waals surface area contributed by atoms with Crippen LogP contribution in [0.3, 0.4) is 0 Å². The van der Waals surface area contributed by atoms with E-state index in [2.05, 4.69) is 10.3 Å². The van der Waals surface area contributed by atoms with E-state index in [1.807, 2.05) is 0 Å². The van der Waals surface area contributed by atoms with Crippen LogP contribution < -0.4 is 0 Å². The molecule has 0 radical (unpaired) electrons. The number of ether oxygens (including phenoxy) is 1. The standard InChI is InChI=1S/C30H27F6N3O5S/c1-14-6-2-3-7-16(14)25(41)28(17-8-4-5-9-18(17)30(34,35)36)45-29-27(43)24(26(42)22(13-40)44-29)39-12-21(37-38-39)15-10-19(31)23(33)20(32)11-15/h2-12,22,24-29,40-43H,13H2,1H3/t22-,24+,25?,26+,27-,28?,29+/m1/s1. The molecule has 4 N–H and O–H groups in total. The summed E-state index contributed by atoms with van der Waals surface area (Å²) in [5, 5.41) is 50.2. The van der Waals surface area contributed by atoms with Gasteiger partial charge in [-0.3, -0.25) is 0 Å². The Morgan fingerprint density at radius 1 is 0.956 bits per heavy atom. The van der Waals surface area contributed by atoms with Crippen molar-refractivity contribution < 1.29 is 51.5 Å². The summed E-state index contributed by atoms with van der Waals surface area (Å²) in [6.07, 6.45) is -9.96. The van der Waals surface area contributed by atoms with Crippen LogP contribution in [-0.2, 0) is 10.9 Å². The maximum atomic E-state index is 14.2. The number of alkyl halides is 3. The smallest absolute Gasteiger partial charge is 0.394 e. The largest absolute Gasteiger partial charge is 0.416 e. The predicted molar refractivity (Wildman–Crippen MR) is 150 cm³/mol. The Balaban J connectivity index is 1.53. The summed E-state index contributed by atoms with van der Waals surface area (Å²) in [5.74, 6) is -4.67. The minimum atomic E-state index is -4.80. The lowest BCUT2D eigenvalue weighted by Crippen LogP contribution is -2.55. The molecule has 7 atom stereocenters. The molecule has 240 valence electrons. The molecule has 4 aromatic rings. The molecule has 0 saturated carbocycles. The molecule has 0 aliphatic carbocycles. The van der Waals surface area contributed by atoms with E-state index >= 15 is 0 Å². The molecule has 2 heterocycles. The molecule has 1 aliphatic rings. The van der Waals surface area contributed by atoms with Gasteiger partial charge in [-0.25, -0.2) is 17.9 Å². The van der Waals surface area contributed by atoms with Crippen molar-refractivity contribution in [2.24, 2.45) is 0 Å². The molecule has 0 spiro atoms. The van der Waals surface area contributed by atoms with Gasteiger partial charge >= 0.3 is 6.18 Å². The molecule has 2 unspecified atom stereocenters. The third kappa shape index (κ3) is 6.59. The van der Waals surface area contributed by atoms with Gasteiger partial charge in [-0.1, -0.05) is 47.7 Å². The van der Waals surface area contributed by atoms with E-state index in [1.54, 1.807) is 31.2 Å². The fourth-order valence-corrected chi connectivity index (χ4v) is 6.76. The fourth-order valence-electron chi connectivity index (χ4n) is 5.30. The summed E-state index contributed by atoms with van der Waals surface area (Å²) in [7, 11) is 0. The lowest BCUT2D eigenvalue weighted by molar-refractivity contribution is -0.178. The molecule has 5 rings (SSSR count). The molecule has 45 heavy (non-hydrogen) atoms. The Morgan fingerprint density at radius 3 is 2.20 bits per heavy atom. The molecular formula is C30H27F6N3O5S. The highest BCUT2D eigenvalue weighted by Gasteiger charge is 2.48. The number of halogens is 6. The van der Waals surface area contributed by atoms with Crippen LogP contribution in [0.5, 0.6) is 0 Å². The van der Waals surface area contributed by atoms with Gasteiger partial charge in [0.05, 0.1) is 29.7 Å². The predicted octanol–water partition coefficient (Wildman–Crippen LogP) is 4.88. The molecule has 8 nitrogen and oxygen atoms in total. The number of benzene rings is 3. The van der Waals surface area contributed by atoms with E-state index < -0.39 is 76.9 Å². The number of rotatable bonds is 8. The zero-order chi connectivity index (χ0) is 32.6. The van der Waals surface area contributed by atoms with Gasteiger partial charge in [-0.2, -0.15) is 13.2 Å². The van der Waals surface area contributed by atoms with Crippen molar-refractivity contribution in [3.63, 3.8) is 0 Å². The molecule has 15 heteroatoms. The minimum absolute atomic E-state index is 0.157. The van der Waals surface area contributed by atoms with Crippen LogP contribution in [0, 0.1) is 24.4 Å². The molecule has 1 fully saturated rings. The second kappa shape index (κ2) is 13.1.